The summed E-state index contributed by atoms with van der Waals surface area (Å²) in [5.74, 6) is 0.421. The van der Waals surface area contributed by atoms with Crippen molar-refractivity contribution >= 4 is 28.0 Å². The number of nitrogens with zero attached hydrogens (tertiary/aromatic N) is 2. The second kappa shape index (κ2) is 5.94. The van der Waals surface area contributed by atoms with E-state index in [1.54, 1.807) is 24.4 Å². The van der Waals surface area contributed by atoms with Gasteiger partial charge in [0.25, 0.3) is 0 Å². The largest absolute Gasteiger partial charge is 0.511 e. The molecule has 0 radical (unpaired) electrons. The lowest BCUT2D eigenvalue weighted by Crippen LogP contribution is -2.02. The van der Waals surface area contributed by atoms with Gasteiger partial charge in [0.05, 0.1) is 33.3 Å². The van der Waals surface area contributed by atoms with Crippen LogP contribution in [0, 0.1) is 0 Å². The molecule has 2 aromatic heterocycles. The molecule has 0 aliphatic heterocycles. The normalized spacial score (nSPS) is 12.2. The third-order valence-corrected chi connectivity index (χ3v) is 4.04. The summed E-state index contributed by atoms with van der Waals surface area (Å²) in [4.78, 5) is 21.8. The van der Waals surface area contributed by atoms with Gasteiger partial charge in [-0.1, -0.05) is 6.07 Å². The molecule has 0 spiro atoms. The fourth-order valence-corrected chi connectivity index (χ4v) is 2.92. The number of pyridine rings is 1. The van der Waals surface area contributed by atoms with Crippen LogP contribution in [0.5, 0.6) is 5.75 Å². The first-order chi connectivity index (χ1) is 10.6. The van der Waals surface area contributed by atoms with Crippen molar-refractivity contribution in [1.29, 1.82) is 0 Å². The highest BCUT2D eigenvalue weighted by Gasteiger charge is 2.12. The number of benzene rings is 1. The van der Waals surface area contributed by atoms with E-state index in [0.29, 0.717) is 21.9 Å². The van der Waals surface area contributed by atoms with E-state index in [1.165, 1.54) is 12.1 Å². The highest BCUT2D eigenvalue weighted by molar-refractivity contribution is 7.84. The molecule has 3 rings (SSSR count). The molecule has 22 heavy (non-hydrogen) atoms. The van der Waals surface area contributed by atoms with Gasteiger partial charge in [-0.05, 0) is 24.3 Å². The number of hydrogen-bond donors (Lipinski definition) is 2. The van der Waals surface area contributed by atoms with Crippen LogP contribution in [0.15, 0.2) is 47.8 Å². The summed E-state index contributed by atoms with van der Waals surface area (Å²) < 4.78 is 16.9. The molecule has 8 heteroatoms. The number of ether oxygens (including phenoxy) is 1. The molecular formula is C14H11N3O4S. The molecule has 0 saturated carbocycles. The van der Waals surface area contributed by atoms with E-state index in [-0.39, 0.29) is 11.5 Å². The number of carbonyl (C=O) groups is 1. The minimum atomic E-state index is -1.39. The van der Waals surface area contributed by atoms with Gasteiger partial charge in [-0.25, -0.2) is 9.78 Å². The average molecular weight is 317 g/mol. The molecule has 7 nitrogen and oxygen atoms in total. The molecular weight excluding hydrogens is 306 g/mol. The van der Waals surface area contributed by atoms with E-state index in [9.17, 15) is 9.00 Å². The third kappa shape index (κ3) is 3.12. The number of rotatable bonds is 4. The summed E-state index contributed by atoms with van der Waals surface area (Å²) in [6.45, 7) is 0. The van der Waals surface area contributed by atoms with E-state index in [4.69, 9.17) is 5.11 Å². The molecule has 2 N–H and O–H groups in total. The maximum atomic E-state index is 12.3. The first-order valence-corrected chi connectivity index (χ1v) is 7.62. The van der Waals surface area contributed by atoms with Crippen molar-refractivity contribution < 1.29 is 18.8 Å². The Hall–Kier alpha value is -2.74. The molecule has 0 bridgehead atoms. The van der Waals surface area contributed by atoms with E-state index in [2.05, 4.69) is 19.7 Å². The number of nitrogens with one attached hydrogen (secondary N) is 1. The van der Waals surface area contributed by atoms with Crippen molar-refractivity contribution in [3.05, 3.63) is 48.3 Å². The molecule has 0 fully saturated rings. The lowest BCUT2D eigenvalue weighted by molar-refractivity contribution is 0.144. The summed E-state index contributed by atoms with van der Waals surface area (Å²) in [5.41, 5.74) is 1.85. The smallest absolute Gasteiger partial charge is 0.449 e. The van der Waals surface area contributed by atoms with Gasteiger partial charge in [-0.15, -0.1) is 0 Å². The Morgan fingerprint density at radius 1 is 1.32 bits per heavy atom. The zero-order valence-corrected chi connectivity index (χ0v) is 12.0. The fourth-order valence-electron chi connectivity index (χ4n) is 1.92. The van der Waals surface area contributed by atoms with Crippen LogP contribution in [-0.4, -0.2) is 30.4 Å². The quantitative estimate of drug-likeness (QED) is 0.565. The fraction of sp³-hybridized carbons (Fsp3) is 0.0714. The Bertz CT molecular complexity index is 848. The average Bonchev–Trinajstić information content (AvgIpc) is 2.91. The lowest BCUT2D eigenvalue weighted by atomic mass is 10.3. The molecule has 2 heterocycles. The topological polar surface area (TPSA) is 105 Å². The molecule has 0 amide bonds. The Balaban J connectivity index is 1.85. The van der Waals surface area contributed by atoms with Gasteiger partial charge < -0.3 is 14.8 Å². The Labute approximate surface area is 127 Å². The summed E-state index contributed by atoms with van der Waals surface area (Å²) >= 11 is 0. The molecule has 0 aliphatic carbocycles. The number of aromatic amines is 1. The van der Waals surface area contributed by atoms with Crippen LogP contribution in [0.2, 0.25) is 0 Å². The Kier molecular flexibility index (Phi) is 3.84. The van der Waals surface area contributed by atoms with Crippen LogP contribution in [0.1, 0.15) is 5.69 Å². The highest BCUT2D eigenvalue weighted by atomic mass is 32.2. The van der Waals surface area contributed by atoms with Crippen molar-refractivity contribution in [3.63, 3.8) is 0 Å². The van der Waals surface area contributed by atoms with Gasteiger partial charge in [0.15, 0.2) is 5.16 Å². The van der Waals surface area contributed by atoms with Crippen molar-refractivity contribution in [2.24, 2.45) is 0 Å². The maximum Gasteiger partial charge on any atom is 0.511 e. The number of carboxylic acid groups (broad SMARTS) is 1. The molecule has 112 valence electrons. The minimum Gasteiger partial charge on any atom is -0.449 e. The maximum absolute atomic E-state index is 12.3. The van der Waals surface area contributed by atoms with E-state index >= 15 is 0 Å². The van der Waals surface area contributed by atoms with E-state index < -0.39 is 17.0 Å². The summed E-state index contributed by atoms with van der Waals surface area (Å²) in [6, 6.07) is 10.00. The molecule has 0 aliphatic rings. The first kappa shape index (κ1) is 14.2. The zero-order valence-electron chi connectivity index (χ0n) is 11.2. The van der Waals surface area contributed by atoms with Crippen molar-refractivity contribution in [1.82, 2.24) is 15.0 Å². The standard InChI is InChI=1S/C14H11N3O4S/c18-14(19)21-10-4-5-11-12(7-10)17-13(16-11)22(20)8-9-3-1-2-6-15-9/h1-7H,8H2,(H,16,17)(H,18,19). The second-order valence-electron chi connectivity index (χ2n) is 4.40. The highest BCUT2D eigenvalue weighted by Crippen LogP contribution is 2.21. The third-order valence-electron chi connectivity index (χ3n) is 2.86. The predicted octanol–water partition coefficient (Wildman–Crippen LogP) is 2.32. The Morgan fingerprint density at radius 2 is 2.18 bits per heavy atom. The second-order valence-corrected chi connectivity index (χ2v) is 5.77. The first-order valence-electron chi connectivity index (χ1n) is 6.30. The molecule has 0 saturated heterocycles. The van der Waals surface area contributed by atoms with Gasteiger partial charge in [0.2, 0.25) is 0 Å². The number of imidazole rings is 1. The van der Waals surface area contributed by atoms with Gasteiger partial charge in [-0.2, -0.15) is 0 Å². The van der Waals surface area contributed by atoms with Crippen molar-refractivity contribution in [3.8, 4) is 5.75 Å². The Morgan fingerprint density at radius 3 is 2.91 bits per heavy atom. The predicted molar refractivity (Wildman–Crippen MR) is 79.1 cm³/mol. The number of hydrogen-bond acceptors (Lipinski definition) is 5. The van der Waals surface area contributed by atoms with Crippen LogP contribution in [0.3, 0.4) is 0 Å². The van der Waals surface area contributed by atoms with Crippen LogP contribution in [-0.2, 0) is 16.6 Å². The van der Waals surface area contributed by atoms with Gasteiger partial charge in [0, 0.05) is 12.3 Å². The van der Waals surface area contributed by atoms with E-state index in [0.717, 1.165) is 0 Å². The van der Waals surface area contributed by atoms with Crippen LogP contribution < -0.4 is 4.74 Å². The van der Waals surface area contributed by atoms with Crippen LogP contribution in [0.4, 0.5) is 4.79 Å². The number of fused-ring (bicyclic) bond motifs is 1. The number of H-pyrrole nitrogens is 1. The van der Waals surface area contributed by atoms with Crippen molar-refractivity contribution in [2.45, 2.75) is 10.9 Å². The molecule has 1 unspecified atom stereocenters. The van der Waals surface area contributed by atoms with Gasteiger partial charge in [0.1, 0.15) is 5.75 Å². The summed E-state index contributed by atoms with van der Waals surface area (Å²) in [5, 5.41) is 8.91. The van der Waals surface area contributed by atoms with Gasteiger partial charge >= 0.3 is 6.16 Å². The SMILES string of the molecule is O=C(O)Oc1ccc2nc(S(=O)Cc3ccccn3)[nH]c2c1. The number of aromatic nitrogens is 3. The minimum absolute atomic E-state index is 0.172. The molecule has 3 aromatic rings. The van der Waals surface area contributed by atoms with E-state index in [1.807, 2.05) is 6.07 Å². The summed E-state index contributed by atoms with van der Waals surface area (Å²) in [7, 11) is -1.37. The summed E-state index contributed by atoms with van der Waals surface area (Å²) in [6.07, 6.45) is 0.249. The monoisotopic (exact) mass is 317 g/mol. The van der Waals surface area contributed by atoms with Crippen LogP contribution in [0.25, 0.3) is 11.0 Å². The zero-order chi connectivity index (χ0) is 15.5. The van der Waals surface area contributed by atoms with Gasteiger partial charge in [-0.3, -0.25) is 9.19 Å². The van der Waals surface area contributed by atoms with Crippen LogP contribution >= 0.6 is 0 Å². The van der Waals surface area contributed by atoms with Crippen molar-refractivity contribution in [2.75, 3.05) is 0 Å². The lowest BCUT2D eigenvalue weighted by Gasteiger charge is -1.98. The molecule has 1 atom stereocenters. The molecule has 1 aromatic carbocycles.